The van der Waals surface area contributed by atoms with E-state index in [1.807, 2.05) is 6.92 Å². The van der Waals surface area contributed by atoms with Crippen molar-refractivity contribution < 1.29 is 8.42 Å². The molecule has 0 radical (unpaired) electrons. The molecule has 0 aromatic heterocycles. The average molecular weight is 165 g/mol. The molecule has 3 nitrogen and oxygen atoms in total. The van der Waals surface area contributed by atoms with E-state index >= 15 is 0 Å². The van der Waals surface area contributed by atoms with Gasteiger partial charge in [-0.05, 0) is 20.9 Å². The number of sulfone groups is 1. The van der Waals surface area contributed by atoms with Crippen LogP contribution in [0, 0.1) is 0 Å². The lowest BCUT2D eigenvalue weighted by atomic mass is 10.3. The fourth-order valence-corrected chi connectivity index (χ4v) is 1.48. The Balaban J connectivity index is 4.23. The van der Waals surface area contributed by atoms with Crippen LogP contribution in [0.25, 0.3) is 0 Å². The molecule has 0 aliphatic carbocycles. The number of hydrogen-bond donors (Lipinski definition) is 1. The first-order valence-electron chi connectivity index (χ1n) is 3.25. The van der Waals surface area contributed by atoms with Crippen molar-refractivity contribution in [1.29, 1.82) is 0 Å². The van der Waals surface area contributed by atoms with Gasteiger partial charge in [-0.2, -0.15) is 0 Å². The lowest BCUT2D eigenvalue weighted by Crippen LogP contribution is -2.37. The van der Waals surface area contributed by atoms with Gasteiger partial charge in [0.1, 0.15) is 0 Å². The first kappa shape index (κ1) is 9.91. The van der Waals surface area contributed by atoms with Gasteiger partial charge < -0.3 is 5.32 Å². The van der Waals surface area contributed by atoms with Crippen LogP contribution in [-0.2, 0) is 9.84 Å². The molecule has 2 unspecified atom stereocenters. The molecule has 2 atom stereocenters. The summed E-state index contributed by atoms with van der Waals surface area (Å²) >= 11 is 0. The summed E-state index contributed by atoms with van der Waals surface area (Å²) in [5.41, 5.74) is 0. The molecule has 0 aromatic carbocycles. The molecule has 0 bridgehead atoms. The number of nitrogens with one attached hydrogen (secondary N) is 1. The first-order valence-corrected chi connectivity index (χ1v) is 5.21. The van der Waals surface area contributed by atoms with Crippen LogP contribution < -0.4 is 5.32 Å². The summed E-state index contributed by atoms with van der Waals surface area (Å²) in [5, 5.41) is 2.58. The van der Waals surface area contributed by atoms with Crippen LogP contribution in [-0.4, -0.2) is 33.0 Å². The minimum Gasteiger partial charge on any atom is -0.316 e. The molecule has 0 aromatic rings. The maximum atomic E-state index is 10.9. The van der Waals surface area contributed by atoms with Gasteiger partial charge in [0.05, 0.1) is 5.25 Å². The van der Waals surface area contributed by atoms with E-state index in [2.05, 4.69) is 5.32 Å². The Morgan fingerprint density at radius 3 is 1.80 bits per heavy atom. The van der Waals surface area contributed by atoms with Crippen molar-refractivity contribution in [2.45, 2.75) is 25.1 Å². The van der Waals surface area contributed by atoms with Crippen molar-refractivity contribution in [3.05, 3.63) is 0 Å². The standard InChI is InChI=1S/C6H15NO2S/c1-5(7-3)6(2)10(4,8)9/h5-7H,1-4H3. The zero-order valence-electron chi connectivity index (χ0n) is 6.88. The Kier molecular flexibility index (Phi) is 3.31. The monoisotopic (exact) mass is 165 g/mol. The van der Waals surface area contributed by atoms with E-state index in [0.717, 1.165) is 0 Å². The van der Waals surface area contributed by atoms with Gasteiger partial charge in [-0.25, -0.2) is 8.42 Å². The van der Waals surface area contributed by atoms with Crippen LogP contribution in [0.3, 0.4) is 0 Å². The SMILES string of the molecule is CNC(C)C(C)S(C)(=O)=O. The number of hydrogen-bond acceptors (Lipinski definition) is 3. The van der Waals surface area contributed by atoms with Gasteiger partial charge in [-0.3, -0.25) is 0 Å². The van der Waals surface area contributed by atoms with Gasteiger partial charge in [0, 0.05) is 12.3 Å². The van der Waals surface area contributed by atoms with Crippen molar-refractivity contribution in [2.75, 3.05) is 13.3 Å². The molecule has 4 heteroatoms. The zero-order chi connectivity index (χ0) is 8.36. The van der Waals surface area contributed by atoms with E-state index in [1.165, 1.54) is 6.26 Å². The van der Waals surface area contributed by atoms with Gasteiger partial charge in [-0.1, -0.05) is 0 Å². The van der Waals surface area contributed by atoms with Crippen molar-refractivity contribution in [3.8, 4) is 0 Å². The molecule has 0 aliphatic rings. The maximum Gasteiger partial charge on any atom is 0.151 e. The summed E-state index contributed by atoms with van der Waals surface area (Å²) in [6.45, 7) is 3.56. The smallest absolute Gasteiger partial charge is 0.151 e. The summed E-state index contributed by atoms with van der Waals surface area (Å²) in [4.78, 5) is 0. The Morgan fingerprint density at radius 2 is 1.70 bits per heavy atom. The summed E-state index contributed by atoms with van der Waals surface area (Å²) in [7, 11) is -1.12. The van der Waals surface area contributed by atoms with Gasteiger partial charge in [0.2, 0.25) is 0 Å². The highest BCUT2D eigenvalue weighted by molar-refractivity contribution is 7.91. The molecule has 0 amide bonds. The van der Waals surface area contributed by atoms with Gasteiger partial charge in [-0.15, -0.1) is 0 Å². The van der Waals surface area contributed by atoms with Crippen LogP contribution in [0.2, 0.25) is 0 Å². The molecule has 0 rings (SSSR count). The van der Waals surface area contributed by atoms with Crippen molar-refractivity contribution in [1.82, 2.24) is 5.32 Å². The topological polar surface area (TPSA) is 46.2 Å². The highest BCUT2D eigenvalue weighted by Gasteiger charge is 2.19. The third-order valence-electron chi connectivity index (χ3n) is 1.83. The Hall–Kier alpha value is -0.0900. The van der Waals surface area contributed by atoms with E-state index in [0.29, 0.717) is 0 Å². The second kappa shape index (κ2) is 3.34. The van der Waals surface area contributed by atoms with Crippen LogP contribution in [0.1, 0.15) is 13.8 Å². The minimum atomic E-state index is -2.88. The summed E-state index contributed by atoms with van der Waals surface area (Å²) in [6, 6.07) is 0.0231. The van der Waals surface area contributed by atoms with Crippen LogP contribution in [0.15, 0.2) is 0 Å². The first-order chi connectivity index (χ1) is 4.39. The number of rotatable bonds is 3. The van der Waals surface area contributed by atoms with Crippen molar-refractivity contribution >= 4 is 9.84 Å². The lowest BCUT2D eigenvalue weighted by molar-refractivity contribution is 0.544. The van der Waals surface area contributed by atoms with Crippen LogP contribution >= 0.6 is 0 Å². The molecule has 1 N–H and O–H groups in total. The van der Waals surface area contributed by atoms with Gasteiger partial charge >= 0.3 is 0 Å². The third-order valence-corrected chi connectivity index (χ3v) is 3.59. The zero-order valence-corrected chi connectivity index (χ0v) is 7.70. The third kappa shape index (κ3) is 2.66. The molecular weight excluding hydrogens is 150 g/mol. The van der Waals surface area contributed by atoms with E-state index < -0.39 is 9.84 Å². The largest absolute Gasteiger partial charge is 0.316 e. The van der Waals surface area contributed by atoms with Gasteiger partial charge in [0.15, 0.2) is 9.84 Å². The summed E-state index contributed by atoms with van der Waals surface area (Å²) < 4.78 is 21.8. The maximum absolute atomic E-state index is 10.9. The fourth-order valence-electron chi connectivity index (χ4n) is 0.605. The molecule has 0 aliphatic heterocycles. The van der Waals surface area contributed by atoms with Crippen molar-refractivity contribution in [3.63, 3.8) is 0 Å². The molecule has 0 saturated heterocycles. The fraction of sp³-hybridized carbons (Fsp3) is 1.00. The average Bonchev–Trinajstić information content (AvgIpc) is 1.83. The van der Waals surface area contributed by atoms with E-state index in [1.54, 1.807) is 14.0 Å². The molecule has 62 valence electrons. The molecular formula is C6H15NO2S. The van der Waals surface area contributed by atoms with E-state index in [9.17, 15) is 8.42 Å². The molecule has 10 heavy (non-hydrogen) atoms. The summed E-state index contributed by atoms with van der Waals surface area (Å²) in [5.74, 6) is 0. The van der Waals surface area contributed by atoms with Crippen molar-refractivity contribution in [2.24, 2.45) is 0 Å². The molecule has 0 heterocycles. The Labute approximate surface area is 62.7 Å². The van der Waals surface area contributed by atoms with Crippen LogP contribution in [0.5, 0.6) is 0 Å². The van der Waals surface area contributed by atoms with Crippen LogP contribution in [0.4, 0.5) is 0 Å². The molecule has 0 saturated carbocycles. The normalized spacial score (nSPS) is 18.4. The van der Waals surface area contributed by atoms with E-state index in [4.69, 9.17) is 0 Å². The Bertz CT molecular complexity index is 186. The quantitative estimate of drug-likeness (QED) is 0.641. The summed E-state index contributed by atoms with van der Waals surface area (Å²) in [6.07, 6.45) is 1.26. The second-order valence-corrected chi connectivity index (χ2v) is 5.01. The Morgan fingerprint density at radius 1 is 1.30 bits per heavy atom. The lowest BCUT2D eigenvalue weighted by Gasteiger charge is -2.16. The predicted octanol–water partition coefficient (Wildman–Crippen LogP) is 0.0274. The van der Waals surface area contributed by atoms with Gasteiger partial charge in [0.25, 0.3) is 0 Å². The molecule has 0 fully saturated rings. The predicted molar refractivity (Wildman–Crippen MR) is 42.8 cm³/mol. The minimum absolute atomic E-state index is 0.0231. The highest BCUT2D eigenvalue weighted by Crippen LogP contribution is 2.02. The second-order valence-electron chi connectivity index (χ2n) is 2.61. The van der Waals surface area contributed by atoms with E-state index in [-0.39, 0.29) is 11.3 Å². The molecule has 0 spiro atoms. The highest BCUT2D eigenvalue weighted by atomic mass is 32.2.